The average molecular weight is 380 g/mol. The summed E-state index contributed by atoms with van der Waals surface area (Å²) in [7, 11) is 0. The monoisotopic (exact) mass is 380 g/mol. The van der Waals surface area contributed by atoms with Crippen molar-refractivity contribution in [3.05, 3.63) is 70.1 Å². The van der Waals surface area contributed by atoms with E-state index in [-0.39, 0.29) is 5.76 Å². The molecule has 0 atom stereocenters. The Labute approximate surface area is 156 Å². The number of anilines is 1. The van der Waals surface area contributed by atoms with Crippen molar-refractivity contribution in [3.63, 3.8) is 0 Å². The Bertz CT molecular complexity index is 1150. The zero-order chi connectivity index (χ0) is 19.0. The normalized spacial score (nSPS) is 10.9. The van der Waals surface area contributed by atoms with Crippen LogP contribution in [0.3, 0.4) is 0 Å². The summed E-state index contributed by atoms with van der Waals surface area (Å²) in [6.45, 7) is 1.87. The highest BCUT2D eigenvalue weighted by molar-refractivity contribution is 7.21. The van der Waals surface area contributed by atoms with E-state index in [1.54, 1.807) is 12.3 Å². The number of carbonyl (C=O) groups is 1. The number of hydrogen-bond acceptors (Lipinski definition) is 7. The van der Waals surface area contributed by atoms with Crippen molar-refractivity contribution in [1.29, 1.82) is 0 Å². The number of hydrogen-bond donors (Lipinski definition) is 1. The molecule has 3 heterocycles. The highest BCUT2D eigenvalue weighted by Gasteiger charge is 2.19. The van der Waals surface area contributed by atoms with Gasteiger partial charge in [0.2, 0.25) is 0 Å². The van der Waals surface area contributed by atoms with E-state index in [1.165, 1.54) is 17.4 Å². The van der Waals surface area contributed by atoms with Crippen LogP contribution >= 0.6 is 11.3 Å². The molecule has 0 aliphatic rings. The summed E-state index contributed by atoms with van der Waals surface area (Å²) in [5.41, 5.74) is 3.09. The molecule has 3 aromatic heterocycles. The Balaban J connectivity index is 1.65. The average Bonchev–Trinajstić information content (AvgIpc) is 3.30. The minimum atomic E-state index is -0.691. The third-order valence-electron chi connectivity index (χ3n) is 3.97. The molecule has 0 aliphatic heterocycles. The lowest BCUT2D eigenvalue weighted by molar-refractivity contribution is -0.402. The van der Waals surface area contributed by atoms with Gasteiger partial charge in [-0.05, 0) is 36.8 Å². The Morgan fingerprint density at radius 2 is 2.07 bits per heavy atom. The summed E-state index contributed by atoms with van der Waals surface area (Å²) in [6, 6.07) is 11.6. The molecule has 0 saturated carbocycles. The lowest BCUT2D eigenvalue weighted by Crippen LogP contribution is -2.12. The first kappa shape index (κ1) is 16.9. The van der Waals surface area contributed by atoms with Crippen LogP contribution in [0.4, 0.5) is 11.6 Å². The zero-order valence-electron chi connectivity index (χ0n) is 14.0. The number of nitro groups is 1. The minimum Gasteiger partial charge on any atom is -0.395 e. The van der Waals surface area contributed by atoms with Gasteiger partial charge in [0.15, 0.2) is 5.76 Å². The van der Waals surface area contributed by atoms with Crippen molar-refractivity contribution in [2.45, 2.75) is 6.92 Å². The molecular weight excluding hydrogens is 368 g/mol. The number of fused-ring (bicyclic) bond motifs is 1. The SMILES string of the molecule is Cc1c(NC(=O)c2ccc([N+](=O)[O-])o2)cccc1-c1nc2cccnc2s1. The molecule has 0 aliphatic carbocycles. The second-order valence-electron chi connectivity index (χ2n) is 5.67. The minimum absolute atomic E-state index is 0.129. The number of thiazole rings is 1. The largest absolute Gasteiger partial charge is 0.433 e. The van der Waals surface area contributed by atoms with Gasteiger partial charge in [0, 0.05) is 17.4 Å². The summed E-state index contributed by atoms with van der Waals surface area (Å²) in [5, 5.41) is 14.2. The molecule has 0 radical (unpaired) electrons. The van der Waals surface area contributed by atoms with Gasteiger partial charge in [-0.25, -0.2) is 9.97 Å². The Hall–Kier alpha value is -3.59. The number of aromatic nitrogens is 2. The van der Waals surface area contributed by atoms with Crippen LogP contribution in [0.5, 0.6) is 0 Å². The molecule has 8 nitrogen and oxygen atoms in total. The summed E-state index contributed by atoms with van der Waals surface area (Å²) >= 11 is 1.47. The predicted molar refractivity (Wildman–Crippen MR) is 101 cm³/mol. The summed E-state index contributed by atoms with van der Waals surface area (Å²) in [6.07, 6.45) is 1.72. The van der Waals surface area contributed by atoms with Gasteiger partial charge in [0.05, 0.1) is 6.07 Å². The molecule has 0 bridgehead atoms. The second-order valence-corrected chi connectivity index (χ2v) is 6.65. The molecule has 0 unspecified atom stereocenters. The van der Waals surface area contributed by atoms with Crippen LogP contribution in [0.15, 0.2) is 53.1 Å². The number of rotatable bonds is 4. The number of furan rings is 1. The first-order valence-electron chi connectivity index (χ1n) is 7.90. The predicted octanol–water partition coefficient (Wildman–Crippen LogP) is 4.42. The summed E-state index contributed by atoms with van der Waals surface area (Å²) in [5.74, 6) is -1.17. The van der Waals surface area contributed by atoms with Crippen molar-refractivity contribution < 1.29 is 14.1 Å². The standard InChI is InChI=1S/C18H12N4O4S/c1-10-11(17-21-13-6-3-9-19-18(13)27-17)4-2-5-12(10)20-16(23)14-7-8-15(26-14)22(24)25/h2-9H,1H3,(H,20,23). The van der Waals surface area contributed by atoms with Crippen LogP contribution in [-0.4, -0.2) is 20.8 Å². The number of pyridine rings is 1. The molecule has 4 aromatic rings. The Morgan fingerprint density at radius 3 is 2.81 bits per heavy atom. The van der Waals surface area contributed by atoms with Crippen LogP contribution in [0.2, 0.25) is 0 Å². The molecule has 1 N–H and O–H groups in total. The summed E-state index contributed by atoms with van der Waals surface area (Å²) in [4.78, 5) is 32.1. The maximum absolute atomic E-state index is 12.3. The van der Waals surface area contributed by atoms with Crippen LogP contribution in [0.1, 0.15) is 16.1 Å². The van der Waals surface area contributed by atoms with Crippen molar-refractivity contribution in [2.24, 2.45) is 0 Å². The van der Waals surface area contributed by atoms with Crippen molar-refractivity contribution >= 4 is 39.2 Å². The lowest BCUT2D eigenvalue weighted by Gasteiger charge is -2.10. The van der Waals surface area contributed by atoms with Crippen molar-refractivity contribution in [3.8, 4) is 10.6 Å². The van der Waals surface area contributed by atoms with Crippen LogP contribution in [-0.2, 0) is 0 Å². The zero-order valence-corrected chi connectivity index (χ0v) is 14.8. The maximum atomic E-state index is 12.3. The number of nitrogens with one attached hydrogen (secondary N) is 1. The smallest absolute Gasteiger partial charge is 0.395 e. The van der Waals surface area contributed by atoms with Gasteiger partial charge in [0.1, 0.15) is 20.3 Å². The molecule has 1 amide bonds. The Kier molecular flexibility index (Phi) is 4.13. The topological polar surface area (TPSA) is 111 Å². The quantitative estimate of drug-likeness (QED) is 0.414. The second kappa shape index (κ2) is 6.61. The van der Waals surface area contributed by atoms with Crippen molar-refractivity contribution in [1.82, 2.24) is 9.97 Å². The summed E-state index contributed by atoms with van der Waals surface area (Å²) < 4.78 is 4.94. The van der Waals surface area contributed by atoms with E-state index in [0.29, 0.717) is 5.69 Å². The van der Waals surface area contributed by atoms with E-state index in [2.05, 4.69) is 15.3 Å². The third-order valence-corrected chi connectivity index (χ3v) is 4.99. The fourth-order valence-corrected chi connectivity index (χ4v) is 3.61. The number of nitrogens with zero attached hydrogens (tertiary/aromatic N) is 3. The molecule has 1 aromatic carbocycles. The molecule has 0 saturated heterocycles. The van der Waals surface area contributed by atoms with Gasteiger partial charge in [0.25, 0.3) is 5.91 Å². The first-order valence-corrected chi connectivity index (χ1v) is 8.71. The molecule has 0 fully saturated rings. The van der Waals surface area contributed by atoms with Crippen LogP contribution < -0.4 is 5.32 Å². The number of amides is 1. The molecular formula is C18H12N4O4S. The molecule has 27 heavy (non-hydrogen) atoms. The lowest BCUT2D eigenvalue weighted by atomic mass is 10.1. The Morgan fingerprint density at radius 1 is 1.22 bits per heavy atom. The third kappa shape index (κ3) is 3.15. The highest BCUT2D eigenvalue weighted by atomic mass is 32.1. The van der Waals surface area contributed by atoms with E-state index in [1.807, 2.05) is 31.2 Å². The fourth-order valence-electron chi connectivity index (χ4n) is 2.62. The molecule has 4 rings (SSSR count). The maximum Gasteiger partial charge on any atom is 0.433 e. The number of carbonyl (C=O) groups excluding carboxylic acids is 1. The van der Waals surface area contributed by atoms with E-state index in [4.69, 9.17) is 4.42 Å². The van der Waals surface area contributed by atoms with Gasteiger partial charge in [-0.2, -0.15) is 0 Å². The molecule has 9 heteroatoms. The fraction of sp³-hybridized carbons (Fsp3) is 0.0556. The van der Waals surface area contributed by atoms with Gasteiger partial charge in [-0.15, -0.1) is 0 Å². The number of benzene rings is 1. The van der Waals surface area contributed by atoms with E-state index >= 15 is 0 Å². The van der Waals surface area contributed by atoms with Crippen LogP contribution in [0, 0.1) is 17.0 Å². The van der Waals surface area contributed by atoms with Crippen LogP contribution in [0.25, 0.3) is 20.9 Å². The van der Waals surface area contributed by atoms with E-state index < -0.39 is 16.7 Å². The van der Waals surface area contributed by atoms with Gasteiger partial charge in [-0.3, -0.25) is 14.9 Å². The van der Waals surface area contributed by atoms with E-state index in [0.717, 1.165) is 32.5 Å². The first-order chi connectivity index (χ1) is 13.0. The van der Waals surface area contributed by atoms with Gasteiger partial charge < -0.3 is 9.73 Å². The highest BCUT2D eigenvalue weighted by Crippen LogP contribution is 2.33. The molecule has 0 spiro atoms. The van der Waals surface area contributed by atoms with Gasteiger partial charge in [-0.1, -0.05) is 23.5 Å². The molecule has 134 valence electrons. The van der Waals surface area contributed by atoms with Gasteiger partial charge >= 0.3 is 5.88 Å². The van der Waals surface area contributed by atoms with E-state index in [9.17, 15) is 14.9 Å². The van der Waals surface area contributed by atoms with Crippen molar-refractivity contribution in [2.75, 3.05) is 5.32 Å².